The predicted molar refractivity (Wildman–Crippen MR) is 355 cm³/mol. The zero-order valence-corrected chi connectivity index (χ0v) is 54.2. The van der Waals surface area contributed by atoms with Gasteiger partial charge in [0.2, 0.25) is 5.91 Å². The lowest BCUT2D eigenvalue weighted by atomic mass is 10.0. The fraction of sp³-hybridized carbons (Fsp3) is 0.907. The smallest absolute Gasteiger partial charge is 0.220 e. The van der Waals surface area contributed by atoms with Crippen LogP contribution < -0.4 is 5.32 Å². The van der Waals surface area contributed by atoms with Gasteiger partial charge in [0, 0.05) is 6.42 Å². The number of unbranched alkanes of at least 4 members (excludes halogenated alkanes) is 56. The van der Waals surface area contributed by atoms with Gasteiger partial charge in [-0.25, -0.2) is 0 Å². The molecular weight excluding hydrogens is 963 g/mol. The van der Waals surface area contributed by atoms with Crippen molar-refractivity contribution >= 4 is 5.91 Å². The summed E-state index contributed by atoms with van der Waals surface area (Å²) in [7, 11) is 0. The number of nitrogens with one attached hydrogen (secondary N) is 1. The minimum absolute atomic E-state index is 0.0213. The predicted octanol–water partition coefficient (Wildman–Crippen LogP) is 25.1. The van der Waals surface area contributed by atoms with E-state index in [2.05, 4.69) is 55.6 Å². The molecule has 0 aromatic rings. The van der Waals surface area contributed by atoms with E-state index >= 15 is 0 Å². The Kier molecular flexibility index (Phi) is 69.6. The normalized spacial score (nSPS) is 12.8. The standard InChI is InChI=1S/C75H145NO3/c1-3-5-7-9-11-13-15-17-19-21-23-25-27-29-31-32-33-34-35-36-37-38-39-40-41-42-43-44-45-47-49-51-53-55-57-59-61-63-65-67-69-71-75(79)76-73(72-77)74(78)70-68-66-64-62-60-58-56-54-52-50-48-46-30-28-26-24-22-20-18-16-14-12-10-8-6-4-2/h15,17,21,23,27,29,73-74,77-78H,3-14,16,18-20,22,24-26,28,30-72H2,1-2H3,(H,76,79)/b17-15-,23-21-,29-27-. The molecule has 3 N–H and O–H groups in total. The molecule has 0 spiro atoms. The van der Waals surface area contributed by atoms with Crippen molar-refractivity contribution in [3.05, 3.63) is 36.5 Å². The Bertz CT molecular complexity index is 1210. The van der Waals surface area contributed by atoms with Gasteiger partial charge >= 0.3 is 0 Å². The summed E-state index contributed by atoms with van der Waals surface area (Å²) in [6.07, 6.45) is 97.9. The molecule has 1 amide bonds. The molecule has 0 aromatic heterocycles. The van der Waals surface area contributed by atoms with Gasteiger partial charge in [0.05, 0.1) is 18.8 Å². The third-order valence-corrected chi connectivity index (χ3v) is 17.4. The molecule has 0 fully saturated rings. The summed E-state index contributed by atoms with van der Waals surface area (Å²) in [5.74, 6) is -0.0213. The van der Waals surface area contributed by atoms with Crippen molar-refractivity contribution in [2.75, 3.05) is 6.61 Å². The molecule has 0 aromatic carbocycles. The highest BCUT2D eigenvalue weighted by Gasteiger charge is 2.20. The number of amides is 1. The number of hydrogen-bond donors (Lipinski definition) is 3. The van der Waals surface area contributed by atoms with Crippen LogP contribution in [0.25, 0.3) is 0 Å². The number of aliphatic hydroxyl groups excluding tert-OH is 2. The lowest BCUT2D eigenvalue weighted by Crippen LogP contribution is -2.45. The van der Waals surface area contributed by atoms with Crippen LogP contribution in [0.15, 0.2) is 36.5 Å². The topological polar surface area (TPSA) is 69.6 Å². The Hall–Kier alpha value is -1.39. The first kappa shape index (κ1) is 77.6. The molecule has 0 aliphatic heterocycles. The van der Waals surface area contributed by atoms with E-state index in [1.54, 1.807) is 0 Å². The summed E-state index contributed by atoms with van der Waals surface area (Å²) < 4.78 is 0. The minimum atomic E-state index is -0.659. The lowest BCUT2D eigenvalue weighted by molar-refractivity contribution is -0.123. The molecule has 0 heterocycles. The quantitative estimate of drug-likeness (QED) is 0.0420. The molecule has 0 aliphatic carbocycles. The Morgan fingerprint density at radius 3 is 0.772 bits per heavy atom. The van der Waals surface area contributed by atoms with Crippen molar-refractivity contribution in [1.29, 1.82) is 0 Å². The third kappa shape index (κ3) is 67.3. The Morgan fingerprint density at radius 1 is 0.304 bits per heavy atom. The van der Waals surface area contributed by atoms with Gasteiger partial charge in [-0.1, -0.05) is 397 Å². The average molecular weight is 1110 g/mol. The van der Waals surface area contributed by atoms with Crippen LogP contribution in [0.1, 0.15) is 418 Å². The third-order valence-electron chi connectivity index (χ3n) is 17.4. The lowest BCUT2D eigenvalue weighted by Gasteiger charge is -2.22. The number of allylic oxidation sites excluding steroid dienone is 6. The first-order valence-electron chi connectivity index (χ1n) is 36.7. The minimum Gasteiger partial charge on any atom is -0.394 e. The first-order chi connectivity index (χ1) is 39.2. The molecular formula is C75H145NO3. The molecule has 0 saturated heterocycles. The zero-order valence-electron chi connectivity index (χ0n) is 54.2. The van der Waals surface area contributed by atoms with E-state index in [1.807, 2.05) is 0 Å². The molecule has 4 heteroatoms. The second-order valence-electron chi connectivity index (χ2n) is 25.4. The summed E-state index contributed by atoms with van der Waals surface area (Å²) in [6.45, 7) is 4.39. The van der Waals surface area contributed by atoms with Gasteiger partial charge < -0.3 is 15.5 Å². The number of carbonyl (C=O) groups is 1. The molecule has 468 valence electrons. The maximum atomic E-state index is 12.6. The van der Waals surface area contributed by atoms with Crippen molar-refractivity contribution < 1.29 is 15.0 Å². The van der Waals surface area contributed by atoms with Gasteiger partial charge in [0.25, 0.3) is 0 Å². The van der Waals surface area contributed by atoms with Crippen LogP contribution in [0.3, 0.4) is 0 Å². The molecule has 4 nitrogen and oxygen atoms in total. The number of hydrogen-bond acceptors (Lipinski definition) is 3. The van der Waals surface area contributed by atoms with Crippen LogP contribution in [0, 0.1) is 0 Å². The summed E-state index contributed by atoms with van der Waals surface area (Å²) in [5, 5.41) is 23.5. The van der Waals surface area contributed by atoms with Crippen LogP contribution in [0.2, 0.25) is 0 Å². The van der Waals surface area contributed by atoms with Crippen molar-refractivity contribution in [3.8, 4) is 0 Å². The molecule has 0 rings (SSSR count). The summed E-state index contributed by atoms with van der Waals surface area (Å²) in [5.41, 5.74) is 0. The van der Waals surface area contributed by atoms with E-state index in [-0.39, 0.29) is 12.5 Å². The average Bonchev–Trinajstić information content (AvgIpc) is 3.45. The maximum absolute atomic E-state index is 12.6. The van der Waals surface area contributed by atoms with Gasteiger partial charge in [-0.15, -0.1) is 0 Å². The summed E-state index contributed by atoms with van der Waals surface area (Å²) >= 11 is 0. The molecule has 0 radical (unpaired) electrons. The van der Waals surface area contributed by atoms with Crippen LogP contribution >= 0.6 is 0 Å². The van der Waals surface area contributed by atoms with E-state index in [4.69, 9.17) is 0 Å². The van der Waals surface area contributed by atoms with Crippen molar-refractivity contribution in [3.63, 3.8) is 0 Å². The SMILES string of the molecule is CCCCCCC/C=C\C/C=C\C/C=C\CCCCCCCCCCCCCCCCCCCCCCCCCCCCC(=O)NC(CO)C(O)CCCCCCCCCCCCCCCCCCCCCCCCCCCC. The van der Waals surface area contributed by atoms with Crippen LogP contribution in [0.4, 0.5) is 0 Å². The fourth-order valence-corrected chi connectivity index (χ4v) is 11.8. The highest BCUT2D eigenvalue weighted by atomic mass is 16.3. The Morgan fingerprint density at radius 2 is 0.519 bits per heavy atom. The number of rotatable bonds is 69. The molecule has 2 atom stereocenters. The molecule has 0 bridgehead atoms. The van der Waals surface area contributed by atoms with E-state index in [9.17, 15) is 15.0 Å². The van der Waals surface area contributed by atoms with Crippen molar-refractivity contribution in [2.45, 2.75) is 431 Å². The molecule has 79 heavy (non-hydrogen) atoms. The number of carbonyl (C=O) groups excluding carboxylic acids is 1. The maximum Gasteiger partial charge on any atom is 0.220 e. The first-order valence-corrected chi connectivity index (χ1v) is 36.7. The Balaban J connectivity index is 3.36. The van der Waals surface area contributed by atoms with Gasteiger partial charge in [-0.05, 0) is 51.4 Å². The summed E-state index contributed by atoms with van der Waals surface area (Å²) in [4.78, 5) is 12.6. The largest absolute Gasteiger partial charge is 0.394 e. The van der Waals surface area contributed by atoms with Crippen LogP contribution in [-0.4, -0.2) is 34.9 Å². The van der Waals surface area contributed by atoms with Gasteiger partial charge in [0.15, 0.2) is 0 Å². The molecule has 2 unspecified atom stereocenters. The van der Waals surface area contributed by atoms with Gasteiger partial charge in [-0.3, -0.25) is 4.79 Å². The highest BCUT2D eigenvalue weighted by molar-refractivity contribution is 5.76. The second-order valence-corrected chi connectivity index (χ2v) is 25.4. The van der Waals surface area contributed by atoms with Gasteiger partial charge in [-0.2, -0.15) is 0 Å². The monoisotopic (exact) mass is 1110 g/mol. The van der Waals surface area contributed by atoms with Crippen molar-refractivity contribution in [2.24, 2.45) is 0 Å². The van der Waals surface area contributed by atoms with Crippen LogP contribution in [0.5, 0.6) is 0 Å². The molecule has 0 saturated carbocycles. The van der Waals surface area contributed by atoms with E-state index < -0.39 is 12.1 Å². The van der Waals surface area contributed by atoms with E-state index in [1.165, 1.54) is 353 Å². The van der Waals surface area contributed by atoms with Crippen LogP contribution in [-0.2, 0) is 4.79 Å². The Labute approximate surface area is 497 Å². The molecule has 0 aliphatic rings. The van der Waals surface area contributed by atoms with Gasteiger partial charge in [0.1, 0.15) is 0 Å². The number of aliphatic hydroxyl groups is 2. The van der Waals surface area contributed by atoms with Crippen molar-refractivity contribution in [1.82, 2.24) is 5.32 Å². The second kappa shape index (κ2) is 70.9. The van der Waals surface area contributed by atoms with E-state index in [0.29, 0.717) is 12.8 Å². The summed E-state index contributed by atoms with van der Waals surface area (Å²) in [6, 6.07) is -0.536. The fourth-order valence-electron chi connectivity index (χ4n) is 11.8. The van der Waals surface area contributed by atoms with E-state index in [0.717, 1.165) is 38.5 Å². The highest BCUT2D eigenvalue weighted by Crippen LogP contribution is 2.20. The zero-order chi connectivity index (χ0) is 56.9.